The smallest absolute Gasteiger partial charge is 0.294 e. The lowest BCUT2D eigenvalue weighted by molar-refractivity contribution is -0.137. The molecule has 0 bridgehead atoms. The van der Waals surface area contributed by atoms with E-state index in [1.165, 1.54) is 17.8 Å². The van der Waals surface area contributed by atoms with Gasteiger partial charge in [0.05, 0.1) is 12.1 Å². The molecule has 1 heterocycles. The topological polar surface area (TPSA) is 32.7 Å². The molecule has 0 aromatic heterocycles. The molecular weight excluding hydrogens is 445 g/mol. The summed E-state index contributed by atoms with van der Waals surface area (Å²) in [6, 6.07) is 11.6. The molecule has 4 rings (SSSR count). The third-order valence-corrected chi connectivity index (χ3v) is 7.41. The van der Waals surface area contributed by atoms with E-state index >= 15 is 0 Å². The Morgan fingerprint density at radius 1 is 1.09 bits per heavy atom. The summed E-state index contributed by atoms with van der Waals surface area (Å²) in [7, 11) is 0. The molecule has 0 radical (unpaired) electrons. The number of aliphatic imine (C=N–C) groups is 1. The highest BCUT2D eigenvalue weighted by molar-refractivity contribution is 7.98. The van der Waals surface area contributed by atoms with E-state index in [9.17, 15) is 18.0 Å². The Labute approximate surface area is 197 Å². The normalized spacial score (nSPS) is 17.8. The minimum absolute atomic E-state index is 0.0449. The number of amidine groups is 1. The Kier molecular flexibility index (Phi) is 6.89. The Morgan fingerprint density at radius 2 is 1.82 bits per heavy atom. The first-order valence-electron chi connectivity index (χ1n) is 11.5. The number of hydrogen-bond acceptors (Lipinski definition) is 3. The first-order valence-corrected chi connectivity index (χ1v) is 12.8. The summed E-state index contributed by atoms with van der Waals surface area (Å²) >= 11 is 1.42. The molecule has 2 aromatic carbocycles. The van der Waals surface area contributed by atoms with Crippen LogP contribution in [0.5, 0.6) is 0 Å². The van der Waals surface area contributed by atoms with Crippen LogP contribution in [-0.4, -0.2) is 28.4 Å². The van der Waals surface area contributed by atoms with Crippen LogP contribution in [0, 0.1) is 0 Å². The van der Waals surface area contributed by atoms with Crippen LogP contribution >= 0.6 is 11.8 Å². The fourth-order valence-electron chi connectivity index (χ4n) is 4.91. The second kappa shape index (κ2) is 9.53. The van der Waals surface area contributed by atoms with Gasteiger partial charge in [-0.25, -0.2) is 0 Å². The fourth-order valence-corrected chi connectivity index (χ4v) is 5.52. The Bertz CT molecular complexity index is 1060. The number of nitrogens with zero attached hydrogens (tertiary/aromatic N) is 2. The molecule has 0 N–H and O–H groups in total. The first-order chi connectivity index (χ1) is 15.8. The summed E-state index contributed by atoms with van der Waals surface area (Å²) in [5.41, 5.74) is -0.156. The van der Waals surface area contributed by atoms with Gasteiger partial charge in [-0.05, 0) is 54.3 Å². The van der Waals surface area contributed by atoms with E-state index in [0.717, 1.165) is 49.3 Å². The molecule has 1 fully saturated rings. The highest BCUT2D eigenvalue weighted by Gasteiger charge is 2.49. The fraction of sp³-hybridized carbons (Fsp3) is 0.462. The van der Waals surface area contributed by atoms with E-state index in [1.54, 1.807) is 29.2 Å². The van der Waals surface area contributed by atoms with E-state index < -0.39 is 17.3 Å². The molecule has 0 atom stereocenters. The van der Waals surface area contributed by atoms with E-state index in [1.807, 2.05) is 18.4 Å². The van der Waals surface area contributed by atoms with Crippen LogP contribution in [0.15, 0.2) is 52.4 Å². The maximum Gasteiger partial charge on any atom is 0.417 e. The van der Waals surface area contributed by atoms with Crippen molar-refractivity contribution in [3.05, 3.63) is 53.6 Å². The van der Waals surface area contributed by atoms with Crippen LogP contribution in [0.1, 0.15) is 63.0 Å². The van der Waals surface area contributed by atoms with Gasteiger partial charge in [0.25, 0.3) is 5.91 Å². The van der Waals surface area contributed by atoms with Gasteiger partial charge in [0.2, 0.25) is 0 Å². The molecule has 0 unspecified atom stereocenters. The van der Waals surface area contributed by atoms with E-state index in [-0.39, 0.29) is 18.0 Å². The lowest BCUT2D eigenvalue weighted by atomic mass is 9.96. The predicted molar refractivity (Wildman–Crippen MR) is 127 cm³/mol. The number of thioether (sulfide) groups is 1. The first kappa shape index (κ1) is 23.9. The van der Waals surface area contributed by atoms with Gasteiger partial charge < -0.3 is 0 Å². The number of carbonyl (C=O) groups is 1. The van der Waals surface area contributed by atoms with Crippen molar-refractivity contribution in [2.75, 3.05) is 6.26 Å². The maximum absolute atomic E-state index is 14.1. The van der Waals surface area contributed by atoms with Crippen LogP contribution < -0.4 is 0 Å². The standard InChI is InChI=1S/C26H29F3N2OS/c1-3-4-11-23-30-25(14-7-8-15-25)24(32)31(23)17-18-12-13-19(21(16-18)26(27,28)29)20-9-5-6-10-22(20)33-2/h5-6,9-10,12-13,16H,3-4,7-8,11,14-15,17H2,1-2H3. The van der Waals surface area contributed by atoms with Gasteiger partial charge in [-0.2, -0.15) is 13.2 Å². The Morgan fingerprint density at radius 3 is 2.48 bits per heavy atom. The van der Waals surface area contributed by atoms with Gasteiger partial charge in [-0.1, -0.05) is 56.5 Å². The van der Waals surface area contributed by atoms with Gasteiger partial charge in [0.1, 0.15) is 11.4 Å². The van der Waals surface area contributed by atoms with E-state index in [4.69, 9.17) is 4.99 Å². The molecule has 33 heavy (non-hydrogen) atoms. The van der Waals surface area contributed by atoms with Crippen molar-refractivity contribution in [2.24, 2.45) is 4.99 Å². The summed E-state index contributed by atoms with van der Waals surface area (Å²) in [6.07, 6.45) is 3.29. The highest BCUT2D eigenvalue weighted by Crippen LogP contribution is 2.42. The third-order valence-electron chi connectivity index (χ3n) is 6.61. The van der Waals surface area contributed by atoms with Crippen LogP contribution in [-0.2, 0) is 17.5 Å². The summed E-state index contributed by atoms with van der Waals surface area (Å²) in [6.45, 7) is 2.20. The minimum atomic E-state index is -4.50. The molecule has 2 aliphatic rings. The molecule has 1 aliphatic carbocycles. The maximum atomic E-state index is 14.1. The monoisotopic (exact) mass is 474 g/mol. The molecule has 176 valence electrons. The number of carbonyl (C=O) groups excluding carboxylic acids is 1. The van der Waals surface area contributed by atoms with Crippen LogP contribution in [0.2, 0.25) is 0 Å². The molecular formula is C26H29F3N2OS. The molecule has 0 saturated heterocycles. The molecule has 2 aromatic rings. The van der Waals surface area contributed by atoms with Crippen LogP contribution in [0.3, 0.4) is 0 Å². The molecule has 1 spiro atoms. The van der Waals surface area contributed by atoms with Crippen molar-refractivity contribution in [1.82, 2.24) is 4.90 Å². The number of hydrogen-bond donors (Lipinski definition) is 0. The quantitative estimate of drug-likeness (QED) is 0.393. The average molecular weight is 475 g/mol. The summed E-state index contributed by atoms with van der Waals surface area (Å²) < 4.78 is 42.3. The lowest BCUT2D eigenvalue weighted by Gasteiger charge is -2.24. The van der Waals surface area contributed by atoms with Crippen molar-refractivity contribution in [1.29, 1.82) is 0 Å². The molecule has 1 saturated carbocycles. The second-order valence-electron chi connectivity index (χ2n) is 8.84. The molecule has 7 heteroatoms. The zero-order valence-electron chi connectivity index (χ0n) is 19.0. The van der Waals surface area contributed by atoms with Crippen LogP contribution in [0.25, 0.3) is 11.1 Å². The number of benzene rings is 2. The number of unbranched alkanes of at least 4 members (excludes halogenated alkanes) is 1. The van der Waals surface area contributed by atoms with Gasteiger partial charge in [0.15, 0.2) is 0 Å². The lowest BCUT2D eigenvalue weighted by Crippen LogP contribution is -2.40. The van der Waals surface area contributed by atoms with Gasteiger partial charge in [0, 0.05) is 11.3 Å². The van der Waals surface area contributed by atoms with Gasteiger partial charge >= 0.3 is 6.18 Å². The van der Waals surface area contributed by atoms with Crippen molar-refractivity contribution >= 4 is 23.5 Å². The molecule has 1 amide bonds. The van der Waals surface area contributed by atoms with E-state index in [2.05, 4.69) is 6.92 Å². The van der Waals surface area contributed by atoms with E-state index in [0.29, 0.717) is 17.5 Å². The van der Waals surface area contributed by atoms with Crippen molar-refractivity contribution in [3.63, 3.8) is 0 Å². The van der Waals surface area contributed by atoms with Crippen molar-refractivity contribution < 1.29 is 18.0 Å². The molecule has 3 nitrogen and oxygen atoms in total. The van der Waals surface area contributed by atoms with Gasteiger partial charge in [-0.3, -0.25) is 14.7 Å². The van der Waals surface area contributed by atoms with Gasteiger partial charge in [-0.15, -0.1) is 11.8 Å². The summed E-state index contributed by atoms with van der Waals surface area (Å²) in [5.74, 6) is 0.686. The molecule has 1 aliphatic heterocycles. The zero-order chi connectivity index (χ0) is 23.6. The van der Waals surface area contributed by atoms with Crippen molar-refractivity contribution in [2.45, 2.75) is 75.0 Å². The van der Waals surface area contributed by atoms with Crippen LogP contribution in [0.4, 0.5) is 13.2 Å². The number of rotatable bonds is 7. The number of amides is 1. The Hall–Kier alpha value is -2.28. The third kappa shape index (κ3) is 4.70. The summed E-state index contributed by atoms with van der Waals surface area (Å²) in [4.78, 5) is 20.6. The second-order valence-corrected chi connectivity index (χ2v) is 9.69. The van der Waals surface area contributed by atoms with Crippen molar-refractivity contribution in [3.8, 4) is 11.1 Å². The summed E-state index contributed by atoms with van der Waals surface area (Å²) in [5, 5.41) is 0. The largest absolute Gasteiger partial charge is 0.417 e. The highest BCUT2D eigenvalue weighted by atomic mass is 32.2. The predicted octanol–water partition coefficient (Wildman–Crippen LogP) is 7.34. The zero-order valence-corrected chi connectivity index (χ0v) is 19.9. The Balaban J connectivity index is 1.70. The SMILES string of the molecule is CCCCC1=NC2(CCCC2)C(=O)N1Cc1ccc(-c2ccccc2SC)c(C(F)(F)F)c1. The average Bonchev–Trinajstić information content (AvgIpc) is 3.38. The number of alkyl halides is 3. The number of halogens is 3. The minimum Gasteiger partial charge on any atom is -0.294 e.